The number of piperidine rings is 1. The first-order valence-corrected chi connectivity index (χ1v) is 9.73. The van der Waals surface area contributed by atoms with Crippen LogP contribution in [-0.2, 0) is 13.1 Å². The first-order valence-electron chi connectivity index (χ1n) is 8.85. The molecule has 0 spiro atoms. The van der Waals surface area contributed by atoms with Gasteiger partial charge in [0.25, 0.3) is 5.91 Å². The van der Waals surface area contributed by atoms with Crippen LogP contribution in [0.2, 0.25) is 0 Å². The Bertz CT molecular complexity index is 741. The van der Waals surface area contributed by atoms with Crippen molar-refractivity contribution in [1.29, 1.82) is 0 Å². The summed E-state index contributed by atoms with van der Waals surface area (Å²) in [5.41, 5.74) is 1.63. The van der Waals surface area contributed by atoms with Gasteiger partial charge in [-0.3, -0.25) is 9.69 Å². The number of rotatable bonds is 7. The van der Waals surface area contributed by atoms with Crippen molar-refractivity contribution >= 4 is 17.2 Å². The zero-order valence-corrected chi connectivity index (χ0v) is 16.1. The van der Waals surface area contributed by atoms with Gasteiger partial charge in [0, 0.05) is 17.5 Å². The van der Waals surface area contributed by atoms with Crippen molar-refractivity contribution in [3.05, 3.63) is 39.8 Å². The lowest BCUT2D eigenvalue weighted by molar-refractivity contribution is 0.0950. The number of hydrogen-bond acceptors (Lipinski definition) is 6. The van der Waals surface area contributed by atoms with Crippen molar-refractivity contribution in [1.82, 2.24) is 15.2 Å². The molecule has 2 heterocycles. The second kappa shape index (κ2) is 9.00. The molecule has 1 N–H and O–H groups in total. The lowest BCUT2D eigenvalue weighted by Gasteiger charge is -2.25. The minimum Gasteiger partial charge on any atom is -0.493 e. The maximum absolute atomic E-state index is 12.4. The minimum atomic E-state index is -0.154. The molecule has 1 saturated heterocycles. The zero-order valence-electron chi connectivity index (χ0n) is 15.3. The molecule has 0 unspecified atom stereocenters. The average Bonchev–Trinajstić information content (AvgIpc) is 3.13. The fraction of sp³-hybridized carbons (Fsp3) is 0.474. The molecule has 7 heteroatoms. The van der Waals surface area contributed by atoms with Gasteiger partial charge < -0.3 is 14.8 Å². The number of nitrogens with one attached hydrogen (secondary N) is 1. The first-order chi connectivity index (χ1) is 12.7. The van der Waals surface area contributed by atoms with Gasteiger partial charge in [0.2, 0.25) is 0 Å². The first kappa shape index (κ1) is 18.7. The van der Waals surface area contributed by atoms with Crippen molar-refractivity contribution in [3.63, 3.8) is 0 Å². The van der Waals surface area contributed by atoms with Crippen molar-refractivity contribution in [2.75, 3.05) is 27.3 Å². The van der Waals surface area contributed by atoms with Crippen LogP contribution in [0.25, 0.3) is 0 Å². The molecule has 1 fully saturated rings. The Balaban J connectivity index is 1.54. The van der Waals surface area contributed by atoms with Crippen molar-refractivity contribution in [2.45, 2.75) is 32.4 Å². The van der Waals surface area contributed by atoms with Gasteiger partial charge in [0.1, 0.15) is 5.01 Å². The summed E-state index contributed by atoms with van der Waals surface area (Å²) in [7, 11) is 3.13. The lowest BCUT2D eigenvalue weighted by Crippen LogP contribution is -2.29. The monoisotopic (exact) mass is 375 g/mol. The zero-order chi connectivity index (χ0) is 18.4. The number of benzene rings is 1. The van der Waals surface area contributed by atoms with E-state index in [1.165, 1.54) is 19.3 Å². The molecule has 2 aromatic rings. The van der Waals surface area contributed by atoms with Crippen LogP contribution in [0.3, 0.4) is 0 Å². The second-order valence-electron chi connectivity index (χ2n) is 6.32. The summed E-state index contributed by atoms with van der Waals surface area (Å²) in [6.07, 6.45) is 3.89. The SMILES string of the molecule is COc1ccc(C(=O)NCc2nc(CN3CCCCC3)cs2)cc1OC. The molecule has 0 saturated carbocycles. The summed E-state index contributed by atoms with van der Waals surface area (Å²) in [6, 6.07) is 5.13. The van der Waals surface area contributed by atoms with Gasteiger partial charge in [0.15, 0.2) is 11.5 Å². The van der Waals surface area contributed by atoms with E-state index in [0.29, 0.717) is 23.6 Å². The van der Waals surface area contributed by atoms with E-state index in [1.54, 1.807) is 43.8 Å². The number of likely N-dealkylation sites (tertiary alicyclic amines) is 1. The average molecular weight is 375 g/mol. The summed E-state index contributed by atoms with van der Waals surface area (Å²) >= 11 is 1.59. The number of carbonyl (C=O) groups is 1. The second-order valence-corrected chi connectivity index (χ2v) is 7.26. The Morgan fingerprint density at radius 3 is 2.69 bits per heavy atom. The van der Waals surface area contributed by atoms with Gasteiger partial charge in [-0.1, -0.05) is 6.42 Å². The Morgan fingerprint density at radius 2 is 1.96 bits per heavy atom. The van der Waals surface area contributed by atoms with Crippen LogP contribution in [0, 0.1) is 0 Å². The largest absolute Gasteiger partial charge is 0.493 e. The molecule has 1 amide bonds. The third-order valence-electron chi connectivity index (χ3n) is 4.48. The molecule has 0 bridgehead atoms. The smallest absolute Gasteiger partial charge is 0.251 e. The Kier molecular flexibility index (Phi) is 6.46. The fourth-order valence-corrected chi connectivity index (χ4v) is 3.81. The Morgan fingerprint density at radius 1 is 1.19 bits per heavy atom. The molecule has 140 valence electrons. The predicted molar refractivity (Wildman–Crippen MR) is 102 cm³/mol. The molecular formula is C19H25N3O3S. The maximum Gasteiger partial charge on any atom is 0.251 e. The van der Waals surface area contributed by atoms with E-state index in [4.69, 9.17) is 9.47 Å². The van der Waals surface area contributed by atoms with Gasteiger partial charge >= 0.3 is 0 Å². The number of amides is 1. The number of ether oxygens (including phenoxy) is 2. The highest BCUT2D eigenvalue weighted by Crippen LogP contribution is 2.27. The van der Waals surface area contributed by atoms with Crippen molar-refractivity contribution in [3.8, 4) is 11.5 Å². The third kappa shape index (κ3) is 4.74. The normalized spacial score (nSPS) is 14.8. The van der Waals surface area contributed by atoms with Crippen LogP contribution in [0.5, 0.6) is 11.5 Å². The van der Waals surface area contributed by atoms with Crippen LogP contribution in [0.1, 0.15) is 40.3 Å². The molecule has 1 aliphatic rings. The number of methoxy groups -OCH3 is 2. The molecule has 3 rings (SSSR count). The van der Waals surface area contributed by atoms with Gasteiger partial charge in [-0.15, -0.1) is 11.3 Å². The molecule has 6 nitrogen and oxygen atoms in total. The molecule has 1 aromatic carbocycles. The summed E-state index contributed by atoms with van der Waals surface area (Å²) in [4.78, 5) is 19.5. The Labute approximate surface area is 158 Å². The summed E-state index contributed by atoms with van der Waals surface area (Å²) in [6.45, 7) is 3.64. The highest BCUT2D eigenvalue weighted by atomic mass is 32.1. The highest BCUT2D eigenvalue weighted by molar-refractivity contribution is 7.09. The molecule has 1 aromatic heterocycles. The van der Waals surface area contributed by atoms with E-state index in [-0.39, 0.29) is 5.91 Å². The Hall–Kier alpha value is -2.12. The summed E-state index contributed by atoms with van der Waals surface area (Å²) in [5.74, 6) is 0.989. The van der Waals surface area contributed by atoms with Crippen LogP contribution < -0.4 is 14.8 Å². The van der Waals surface area contributed by atoms with Gasteiger partial charge in [-0.25, -0.2) is 4.98 Å². The number of hydrogen-bond donors (Lipinski definition) is 1. The molecule has 1 aliphatic heterocycles. The van der Waals surface area contributed by atoms with E-state index in [1.807, 2.05) is 0 Å². The van der Waals surface area contributed by atoms with Crippen molar-refractivity contribution in [2.24, 2.45) is 0 Å². The standard InChI is InChI=1S/C19H25N3O3S/c1-24-16-7-6-14(10-17(16)25-2)19(23)20-11-18-21-15(13-26-18)12-22-8-4-3-5-9-22/h6-7,10,13H,3-5,8-9,11-12H2,1-2H3,(H,20,23). The summed E-state index contributed by atoms with van der Waals surface area (Å²) < 4.78 is 10.4. The van der Waals surface area contributed by atoms with Crippen LogP contribution in [0.4, 0.5) is 0 Å². The maximum atomic E-state index is 12.4. The molecule has 0 aliphatic carbocycles. The minimum absolute atomic E-state index is 0.154. The predicted octanol–water partition coefficient (Wildman–Crippen LogP) is 3.08. The fourth-order valence-electron chi connectivity index (χ4n) is 3.08. The van der Waals surface area contributed by atoms with E-state index in [2.05, 4.69) is 20.6 Å². The number of nitrogens with zero attached hydrogens (tertiary/aromatic N) is 2. The van der Waals surface area contributed by atoms with E-state index in [9.17, 15) is 4.79 Å². The van der Waals surface area contributed by atoms with Crippen LogP contribution in [-0.4, -0.2) is 43.1 Å². The van der Waals surface area contributed by atoms with Gasteiger partial charge in [-0.05, 0) is 44.1 Å². The highest BCUT2D eigenvalue weighted by Gasteiger charge is 2.14. The van der Waals surface area contributed by atoms with Gasteiger partial charge in [0.05, 0.1) is 26.5 Å². The van der Waals surface area contributed by atoms with Crippen molar-refractivity contribution < 1.29 is 14.3 Å². The number of aromatic nitrogens is 1. The molecular weight excluding hydrogens is 350 g/mol. The van der Waals surface area contributed by atoms with E-state index in [0.717, 1.165) is 30.3 Å². The number of thiazole rings is 1. The quantitative estimate of drug-likeness (QED) is 0.806. The topological polar surface area (TPSA) is 63.7 Å². The van der Waals surface area contributed by atoms with Crippen LogP contribution in [0.15, 0.2) is 23.6 Å². The third-order valence-corrected chi connectivity index (χ3v) is 5.38. The van der Waals surface area contributed by atoms with E-state index < -0.39 is 0 Å². The molecule has 26 heavy (non-hydrogen) atoms. The van der Waals surface area contributed by atoms with E-state index >= 15 is 0 Å². The summed E-state index contributed by atoms with van der Waals surface area (Å²) in [5, 5.41) is 5.93. The van der Waals surface area contributed by atoms with Gasteiger partial charge in [-0.2, -0.15) is 0 Å². The molecule has 0 radical (unpaired) electrons. The molecule has 0 atom stereocenters. The van der Waals surface area contributed by atoms with Crippen LogP contribution >= 0.6 is 11.3 Å². The number of carbonyl (C=O) groups excluding carboxylic acids is 1. The lowest BCUT2D eigenvalue weighted by atomic mass is 10.1.